The lowest BCUT2D eigenvalue weighted by Gasteiger charge is -2.26. The van der Waals surface area contributed by atoms with Crippen LogP contribution in [0.15, 0.2) is 29.2 Å². The van der Waals surface area contributed by atoms with Gasteiger partial charge in [-0.3, -0.25) is 4.79 Å². The number of nitrogens with one attached hydrogen (secondary N) is 1. The van der Waals surface area contributed by atoms with E-state index in [2.05, 4.69) is 11.4 Å². The predicted molar refractivity (Wildman–Crippen MR) is 104 cm³/mol. The van der Waals surface area contributed by atoms with Crippen molar-refractivity contribution in [3.05, 3.63) is 29.8 Å². The lowest BCUT2D eigenvalue weighted by atomic mass is 10.00. The Morgan fingerprint density at radius 2 is 1.76 bits per heavy atom. The third-order valence-corrected chi connectivity index (χ3v) is 7.38. The van der Waals surface area contributed by atoms with Crippen LogP contribution in [-0.4, -0.2) is 49.8 Å². The molecule has 0 radical (unpaired) electrons. The van der Waals surface area contributed by atoms with Crippen LogP contribution >= 0.6 is 0 Å². The average molecular weight is 420 g/mol. The summed E-state index contributed by atoms with van der Waals surface area (Å²) in [5.41, 5.74) is -0.999. The molecule has 2 fully saturated rings. The van der Waals surface area contributed by atoms with Gasteiger partial charge in [0.15, 0.2) is 6.61 Å². The Bertz CT molecular complexity index is 910. The molecule has 1 aromatic rings. The molecule has 0 atom stereocenters. The van der Waals surface area contributed by atoms with Gasteiger partial charge in [-0.25, -0.2) is 13.2 Å². The molecule has 1 aromatic carbocycles. The molecule has 9 heteroatoms. The molecule has 156 valence electrons. The van der Waals surface area contributed by atoms with Crippen LogP contribution in [0, 0.1) is 11.3 Å². The molecule has 1 aliphatic heterocycles. The van der Waals surface area contributed by atoms with Crippen molar-refractivity contribution in [2.75, 3.05) is 19.7 Å². The number of amides is 1. The van der Waals surface area contributed by atoms with Crippen LogP contribution in [0.3, 0.4) is 0 Å². The summed E-state index contributed by atoms with van der Waals surface area (Å²) in [6.07, 6.45) is 5.40. The molecule has 1 amide bonds. The maximum Gasteiger partial charge on any atom is 0.340 e. The summed E-state index contributed by atoms with van der Waals surface area (Å²) in [6, 6.07) is 8.00. The first-order chi connectivity index (χ1) is 13.9. The van der Waals surface area contributed by atoms with E-state index in [9.17, 15) is 23.3 Å². The normalized spacial score (nSPS) is 19.3. The molecule has 0 aromatic heterocycles. The molecule has 1 saturated carbocycles. The van der Waals surface area contributed by atoms with Crippen LogP contribution in [0.5, 0.6) is 0 Å². The summed E-state index contributed by atoms with van der Waals surface area (Å²) in [7, 11) is -3.82. The van der Waals surface area contributed by atoms with E-state index in [1.165, 1.54) is 16.4 Å². The second kappa shape index (κ2) is 8.93. The van der Waals surface area contributed by atoms with Gasteiger partial charge in [-0.05, 0) is 50.7 Å². The number of hydrogen-bond acceptors (Lipinski definition) is 6. The quantitative estimate of drug-likeness (QED) is 0.705. The highest BCUT2D eigenvalue weighted by Crippen LogP contribution is 2.29. The summed E-state index contributed by atoms with van der Waals surface area (Å²) in [5.74, 6) is -1.45. The van der Waals surface area contributed by atoms with E-state index in [0.29, 0.717) is 25.9 Å². The van der Waals surface area contributed by atoms with Crippen molar-refractivity contribution in [2.45, 2.75) is 55.4 Å². The van der Waals surface area contributed by atoms with E-state index in [-0.39, 0.29) is 10.5 Å². The largest absolute Gasteiger partial charge is 0.452 e. The summed E-state index contributed by atoms with van der Waals surface area (Å²) in [4.78, 5) is 24.6. The van der Waals surface area contributed by atoms with Crippen molar-refractivity contribution in [1.29, 1.82) is 5.26 Å². The van der Waals surface area contributed by atoms with E-state index >= 15 is 0 Å². The monoisotopic (exact) mass is 419 g/mol. The highest BCUT2D eigenvalue weighted by Gasteiger charge is 2.36. The number of nitriles is 1. The van der Waals surface area contributed by atoms with Gasteiger partial charge in [0.2, 0.25) is 10.0 Å². The fourth-order valence-electron chi connectivity index (χ4n) is 3.86. The number of carbonyl (C=O) groups is 2. The molecule has 0 bridgehead atoms. The van der Waals surface area contributed by atoms with Gasteiger partial charge in [0, 0.05) is 13.1 Å². The average Bonchev–Trinajstić information content (AvgIpc) is 3.21. The summed E-state index contributed by atoms with van der Waals surface area (Å²) in [6.45, 7) is 0.273. The molecule has 1 saturated heterocycles. The molecule has 0 spiro atoms. The van der Waals surface area contributed by atoms with Crippen molar-refractivity contribution in [2.24, 2.45) is 0 Å². The molecular formula is C20H25N3O5S. The van der Waals surface area contributed by atoms with Crippen LogP contribution in [0.4, 0.5) is 0 Å². The van der Waals surface area contributed by atoms with Crippen molar-refractivity contribution < 1.29 is 22.7 Å². The van der Waals surface area contributed by atoms with Crippen LogP contribution in [0.25, 0.3) is 0 Å². The Balaban J connectivity index is 1.69. The smallest absolute Gasteiger partial charge is 0.340 e. The van der Waals surface area contributed by atoms with Crippen LogP contribution in [0.1, 0.15) is 55.3 Å². The Labute approximate surface area is 170 Å². The van der Waals surface area contributed by atoms with Crippen molar-refractivity contribution in [3.63, 3.8) is 0 Å². The van der Waals surface area contributed by atoms with Gasteiger partial charge >= 0.3 is 5.97 Å². The standard InChI is InChI=1S/C20H25N3O5S/c21-15-20(10-4-5-11-20)22-18(24)14-28-19(25)16-8-2-3-9-17(16)29(26,27)23-12-6-1-7-13-23/h2-3,8-9H,1,4-7,10-14H2,(H,22,24). The van der Waals surface area contributed by atoms with E-state index in [1.54, 1.807) is 12.1 Å². The van der Waals surface area contributed by atoms with Gasteiger partial charge in [0.25, 0.3) is 5.91 Å². The van der Waals surface area contributed by atoms with Gasteiger partial charge in [0.05, 0.1) is 16.5 Å². The lowest BCUT2D eigenvalue weighted by molar-refractivity contribution is -0.125. The second-order valence-corrected chi connectivity index (χ2v) is 9.39. The Hall–Kier alpha value is -2.44. The van der Waals surface area contributed by atoms with E-state index < -0.39 is 34.0 Å². The van der Waals surface area contributed by atoms with Gasteiger partial charge in [0.1, 0.15) is 5.54 Å². The van der Waals surface area contributed by atoms with Crippen LogP contribution in [-0.2, 0) is 19.6 Å². The maximum atomic E-state index is 13.0. The fourth-order valence-corrected chi connectivity index (χ4v) is 5.56. The molecule has 1 heterocycles. The number of piperidine rings is 1. The third-order valence-electron chi connectivity index (χ3n) is 5.42. The first kappa shape index (κ1) is 21.3. The SMILES string of the molecule is N#CC1(NC(=O)COC(=O)c2ccccc2S(=O)(=O)N2CCCCC2)CCCC1. The van der Waals surface area contributed by atoms with E-state index in [0.717, 1.165) is 32.1 Å². The Morgan fingerprint density at radius 3 is 2.41 bits per heavy atom. The summed E-state index contributed by atoms with van der Waals surface area (Å²) < 4.78 is 32.4. The van der Waals surface area contributed by atoms with E-state index in [4.69, 9.17) is 4.74 Å². The van der Waals surface area contributed by atoms with Gasteiger partial charge in [-0.15, -0.1) is 0 Å². The lowest BCUT2D eigenvalue weighted by Crippen LogP contribution is -2.46. The number of ether oxygens (including phenoxy) is 1. The van der Waals surface area contributed by atoms with Crippen molar-refractivity contribution >= 4 is 21.9 Å². The highest BCUT2D eigenvalue weighted by atomic mass is 32.2. The van der Waals surface area contributed by atoms with Crippen molar-refractivity contribution in [3.8, 4) is 6.07 Å². The molecule has 2 aliphatic rings. The zero-order valence-corrected chi connectivity index (χ0v) is 17.0. The Morgan fingerprint density at radius 1 is 1.10 bits per heavy atom. The Kier molecular flexibility index (Phi) is 6.55. The number of benzene rings is 1. The maximum absolute atomic E-state index is 13.0. The summed E-state index contributed by atoms with van der Waals surface area (Å²) >= 11 is 0. The highest BCUT2D eigenvalue weighted by molar-refractivity contribution is 7.89. The number of esters is 1. The molecule has 29 heavy (non-hydrogen) atoms. The van der Waals surface area contributed by atoms with Gasteiger partial charge in [-0.2, -0.15) is 9.57 Å². The van der Waals surface area contributed by atoms with Crippen LogP contribution in [0.2, 0.25) is 0 Å². The molecule has 0 unspecified atom stereocenters. The third kappa shape index (κ3) is 4.77. The van der Waals surface area contributed by atoms with E-state index in [1.807, 2.05) is 0 Å². The number of nitrogens with zero attached hydrogens (tertiary/aromatic N) is 2. The van der Waals surface area contributed by atoms with Gasteiger partial charge in [-0.1, -0.05) is 18.6 Å². The first-order valence-electron chi connectivity index (χ1n) is 9.87. The predicted octanol–water partition coefficient (Wildman–Crippen LogP) is 1.97. The topological polar surface area (TPSA) is 117 Å². The molecule has 3 rings (SSSR count). The number of hydrogen-bond donors (Lipinski definition) is 1. The molecular weight excluding hydrogens is 394 g/mol. The fraction of sp³-hybridized carbons (Fsp3) is 0.550. The molecule has 1 aliphatic carbocycles. The number of carbonyl (C=O) groups excluding carboxylic acids is 2. The molecule has 1 N–H and O–H groups in total. The van der Waals surface area contributed by atoms with Crippen LogP contribution < -0.4 is 5.32 Å². The minimum Gasteiger partial charge on any atom is -0.452 e. The number of sulfonamides is 1. The second-order valence-electron chi connectivity index (χ2n) is 7.49. The van der Waals surface area contributed by atoms with Gasteiger partial charge < -0.3 is 10.1 Å². The first-order valence-corrected chi connectivity index (χ1v) is 11.3. The molecule has 8 nitrogen and oxygen atoms in total. The van der Waals surface area contributed by atoms with Crippen molar-refractivity contribution in [1.82, 2.24) is 9.62 Å². The minimum atomic E-state index is -3.82. The minimum absolute atomic E-state index is 0.0956. The summed E-state index contributed by atoms with van der Waals surface area (Å²) in [5, 5.41) is 12.0. The zero-order chi connectivity index (χ0) is 20.9. The number of rotatable bonds is 6. The zero-order valence-electron chi connectivity index (χ0n) is 16.2.